The molecule has 0 radical (unpaired) electrons. The molecule has 1 atom stereocenters. The number of nitrogens with zero attached hydrogens (tertiary/aromatic N) is 4. The lowest BCUT2D eigenvalue weighted by Crippen LogP contribution is -2.47. The number of likely N-dealkylation sites (tertiary alicyclic amines) is 1. The van der Waals surface area contributed by atoms with Crippen LogP contribution in [0, 0.1) is 5.92 Å². The van der Waals surface area contributed by atoms with Crippen LogP contribution in [0.4, 0.5) is 0 Å². The summed E-state index contributed by atoms with van der Waals surface area (Å²) >= 11 is 0. The highest BCUT2D eigenvalue weighted by atomic mass is 16.2. The van der Waals surface area contributed by atoms with Crippen molar-refractivity contribution in [1.29, 1.82) is 0 Å². The largest absolute Gasteiger partial charge is 0.340 e. The number of rotatable bonds is 4. The summed E-state index contributed by atoms with van der Waals surface area (Å²) in [6.45, 7) is 5.16. The van der Waals surface area contributed by atoms with Gasteiger partial charge in [-0.05, 0) is 44.4 Å². The maximum Gasteiger partial charge on any atom is 0.255 e. The maximum absolute atomic E-state index is 12.6. The molecular formula is C19H28N4O2. The number of aromatic nitrogens is 1. The number of piperidine rings is 1. The molecule has 2 amide bonds. The van der Waals surface area contributed by atoms with E-state index in [-0.39, 0.29) is 11.8 Å². The number of carbonyl (C=O) groups is 2. The van der Waals surface area contributed by atoms with Gasteiger partial charge in [0.05, 0.1) is 5.56 Å². The second-order valence-electron chi connectivity index (χ2n) is 7.22. The standard InChI is InChI=1S/C19H28N4O2/c1-21-10-12-22(13-11-21)18(24)7-6-16-4-3-9-23(15-16)19(25)17-5-2-8-20-14-17/h2,5,8,14,16H,3-4,6-7,9-13,15H2,1H3/t16-/m1/s1. The summed E-state index contributed by atoms with van der Waals surface area (Å²) in [5.41, 5.74) is 0.650. The maximum atomic E-state index is 12.6. The van der Waals surface area contributed by atoms with Gasteiger partial charge in [-0.15, -0.1) is 0 Å². The molecular weight excluding hydrogens is 316 g/mol. The minimum absolute atomic E-state index is 0.0585. The third-order valence-corrected chi connectivity index (χ3v) is 5.34. The van der Waals surface area contributed by atoms with Gasteiger partial charge in [0.25, 0.3) is 5.91 Å². The van der Waals surface area contributed by atoms with Crippen molar-refractivity contribution in [1.82, 2.24) is 19.7 Å². The Morgan fingerprint density at radius 3 is 2.68 bits per heavy atom. The molecule has 136 valence electrons. The first-order chi connectivity index (χ1) is 12.1. The summed E-state index contributed by atoms with van der Waals surface area (Å²) in [7, 11) is 2.09. The van der Waals surface area contributed by atoms with E-state index >= 15 is 0 Å². The van der Waals surface area contributed by atoms with Crippen molar-refractivity contribution in [3.63, 3.8) is 0 Å². The van der Waals surface area contributed by atoms with Gasteiger partial charge < -0.3 is 14.7 Å². The van der Waals surface area contributed by atoms with Crippen LogP contribution in [-0.4, -0.2) is 77.8 Å². The Labute approximate surface area is 149 Å². The van der Waals surface area contributed by atoms with Crippen LogP contribution in [-0.2, 0) is 4.79 Å². The Kier molecular flexibility index (Phi) is 6.02. The second kappa shape index (κ2) is 8.43. The van der Waals surface area contributed by atoms with Crippen molar-refractivity contribution in [3.8, 4) is 0 Å². The van der Waals surface area contributed by atoms with Crippen LogP contribution >= 0.6 is 0 Å². The van der Waals surface area contributed by atoms with Gasteiger partial charge in [0.1, 0.15) is 0 Å². The van der Waals surface area contributed by atoms with E-state index in [2.05, 4.69) is 16.9 Å². The molecule has 0 aromatic carbocycles. The quantitative estimate of drug-likeness (QED) is 0.830. The van der Waals surface area contributed by atoms with Gasteiger partial charge in [-0.25, -0.2) is 0 Å². The van der Waals surface area contributed by atoms with E-state index in [0.29, 0.717) is 17.9 Å². The molecule has 3 rings (SSSR count). The SMILES string of the molecule is CN1CCN(C(=O)CC[C@H]2CCCN(C(=O)c3cccnc3)C2)CC1. The number of carbonyl (C=O) groups excluding carboxylic acids is 2. The molecule has 2 aliphatic rings. The van der Waals surface area contributed by atoms with Gasteiger partial charge in [0, 0.05) is 58.1 Å². The van der Waals surface area contributed by atoms with Crippen molar-refractivity contribution in [2.24, 2.45) is 5.92 Å². The lowest BCUT2D eigenvalue weighted by Gasteiger charge is -2.34. The van der Waals surface area contributed by atoms with Crippen LogP contribution in [0.1, 0.15) is 36.0 Å². The Morgan fingerprint density at radius 2 is 1.96 bits per heavy atom. The smallest absolute Gasteiger partial charge is 0.255 e. The highest BCUT2D eigenvalue weighted by Crippen LogP contribution is 2.23. The summed E-state index contributed by atoms with van der Waals surface area (Å²) in [5, 5.41) is 0. The van der Waals surface area contributed by atoms with Crippen molar-refractivity contribution in [3.05, 3.63) is 30.1 Å². The van der Waals surface area contributed by atoms with Crippen LogP contribution in [0.2, 0.25) is 0 Å². The Balaban J connectivity index is 1.47. The second-order valence-corrected chi connectivity index (χ2v) is 7.22. The molecule has 2 saturated heterocycles. The Bertz CT molecular complexity index is 584. The molecule has 1 aromatic rings. The van der Waals surface area contributed by atoms with Crippen molar-refractivity contribution in [2.75, 3.05) is 46.3 Å². The number of piperazine rings is 1. The fourth-order valence-corrected chi connectivity index (χ4v) is 3.70. The van der Waals surface area contributed by atoms with Crippen molar-refractivity contribution in [2.45, 2.75) is 25.7 Å². The van der Waals surface area contributed by atoms with E-state index in [1.165, 1.54) is 0 Å². The normalized spacial score (nSPS) is 22.0. The van der Waals surface area contributed by atoms with E-state index in [1.807, 2.05) is 15.9 Å². The molecule has 2 fully saturated rings. The predicted octanol–water partition coefficient (Wildman–Crippen LogP) is 1.49. The summed E-state index contributed by atoms with van der Waals surface area (Å²) in [5.74, 6) is 0.748. The third kappa shape index (κ3) is 4.78. The highest BCUT2D eigenvalue weighted by Gasteiger charge is 2.26. The fourth-order valence-electron chi connectivity index (χ4n) is 3.70. The molecule has 25 heavy (non-hydrogen) atoms. The minimum Gasteiger partial charge on any atom is -0.340 e. The highest BCUT2D eigenvalue weighted by molar-refractivity contribution is 5.93. The number of amides is 2. The molecule has 0 spiro atoms. The van der Waals surface area contributed by atoms with E-state index < -0.39 is 0 Å². The molecule has 0 N–H and O–H groups in total. The van der Waals surface area contributed by atoms with E-state index in [4.69, 9.17) is 0 Å². The van der Waals surface area contributed by atoms with Crippen molar-refractivity contribution < 1.29 is 9.59 Å². The summed E-state index contributed by atoms with van der Waals surface area (Å²) in [4.78, 5) is 35.2. The molecule has 3 heterocycles. The van der Waals surface area contributed by atoms with Crippen LogP contribution in [0.25, 0.3) is 0 Å². The molecule has 0 aliphatic carbocycles. The first-order valence-corrected chi connectivity index (χ1v) is 9.29. The van der Waals surface area contributed by atoms with Gasteiger partial charge >= 0.3 is 0 Å². The number of pyridine rings is 1. The zero-order chi connectivity index (χ0) is 17.6. The van der Waals surface area contributed by atoms with Crippen LogP contribution in [0.5, 0.6) is 0 Å². The molecule has 0 bridgehead atoms. The lowest BCUT2D eigenvalue weighted by atomic mass is 9.92. The van der Waals surface area contributed by atoms with E-state index in [9.17, 15) is 9.59 Å². The van der Waals surface area contributed by atoms with Crippen molar-refractivity contribution >= 4 is 11.8 Å². The zero-order valence-corrected chi connectivity index (χ0v) is 15.1. The van der Waals surface area contributed by atoms with Gasteiger partial charge in [-0.3, -0.25) is 14.6 Å². The first-order valence-electron chi connectivity index (χ1n) is 9.29. The summed E-state index contributed by atoms with van der Waals surface area (Å²) in [6, 6.07) is 3.61. The van der Waals surface area contributed by atoms with E-state index in [0.717, 1.165) is 58.5 Å². The average molecular weight is 344 g/mol. The summed E-state index contributed by atoms with van der Waals surface area (Å²) < 4.78 is 0. The number of likely N-dealkylation sites (N-methyl/N-ethyl adjacent to an activating group) is 1. The summed E-state index contributed by atoms with van der Waals surface area (Å²) in [6.07, 6.45) is 6.90. The first kappa shape index (κ1) is 17.9. The number of hydrogen-bond acceptors (Lipinski definition) is 4. The molecule has 2 aliphatic heterocycles. The molecule has 6 nitrogen and oxygen atoms in total. The molecule has 0 unspecified atom stereocenters. The number of hydrogen-bond donors (Lipinski definition) is 0. The molecule has 1 aromatic heterocycles. The molecule has 6 heteroatoms. The van der Waals surface area contributed by atoms with Crippen LogP contribution < -0.4 is 0 Å². The van der Waals surface area contributed by atoms with Gasteiger partial charge in [-0.2, -0.15) is 0 Å². The van der Waals surface area contributed by atoms with Gasteiger partial charge in [0.2, 0.25) is 5.91 Å². The average Bonchev–Trinajstić information content (AvgIpc) is 2.67. The third-order valence-electron chi connectivity index (χ3n) is 5.34. The van der Waals surface area contributed by atoms with Crippen LogP contribution in [0.3, 0.4) is 0 Å². The fraction of sp³-hybridized carbons (Fsp3) is 0.632. The molecule has 0 saturated carbocycles. The van der Waals surface area contributed by atoms with E-state index in [1.54, 1.807) is 18.5 Å². The Hall–Kier alpha value is -1.95. The topological polar surface area (TPSA) is 56.8 Å². The van der Waals surface area contributed by atoms with Crippen LogP contribution in [0.15, 0.2) is 24.5 Å². The predicted molar refractivity (Wildman–Crippen MR) is 96.2 cm³/mol. The van der Waals surface area contributed by atoms with Gasteiger partial charge in [-0.1, -0.05) is 0 Å². The zero-order valence-electron chi connectivity index (χ0n) is 15.1. The monoisotopic (exact) mass is 344 g/mol. The Morgan fingerprint density at radius 1 is 1.16 bits per heavy atom. The van der Waals surface area contributed by atoms with Gasteiger partial charge in [0.15, 0.2) is 0 Å². The lowest BCUT2D eigenvalue weighted by molar-refractivity contribution is -0.133. The minimum atomic E-state index is 0.0585.